The number of benzene rings is 4. The molecule has 4 rings (SSSR count). The van der Waals surface area contributed by atoms with E-state index in [1.807, 2.05) is 18.2 Å². The third kappa shape index (κ3) is 6.65. The molecule has 0 saturated carbocycles. The molecular formula is C31H29ClN2O6. The van der Waals surface area contributed by atoms with E-state index in [9.17, 15) is 9.59 Å². The van der Waals surface area contributed by atoms with Crippen molar-refractivity contribution in [2.24, 2.45) is 0 Å². The summed E-state index contributed by atoms with van der Waals surface area (Å²) >= 11 is 6.26. The minimum Gasteiger partial charge on any atom is -0.496 e. The van der Waals surface area contributed by atoms with Crippen molar-refractivity contribution in [2.45, 2.75) is 12.8 Å². The SMILES string of the molecule is COc1cc(C(NC(=O)c2ccccc2OC)NC(=O)c2ccccc2OC)ccc1OCc1ccccc1Cl. The van der Waals surface area contributed by atoms with E-state index in [0.29, 0.717) is 44.7 Å². The van der Waals surface area contributed by atoms with Crippen molar-refractivity contribution in [1.29, 1.82) is 0 Å². The Labute approximate surface area is 237 Å². The Morgan fingerprint density at radius 1 is 0.675 bits per heavy atom. The van der Waals surface area contributed by atoms with E-state index >= 15 is 0 Å². The van der Waals surface area contributed by atoms with Crippen molar-refractivity contribution >= 4 is 23.4 Å². The highest BCUT2D eigenvalue weighted by molar-refractivity contribution is 6.31. The highest BCUT2D eigenvalue weighted by Gasteiger charge is 2.23. The van der Waals surface area contributed by atoms with Crippen LogP contribution in [-0.4, -0.2) is 33.1 Å². The van der Waals surface area contributed by atoms with Gasteiger partial charge in [-0.15, -0.1) is 0 Å². The van der Waals surface area contributed by atoms with Gasteiger partial charge in [0.25, 0.3) is 11.8 Å². The fraction of sp³-hybridized carbons (Fsp3) is 0.161. The Hall–Kier alpha value is -4.69. The number of hydrogen-bond acceptors (Lipinski definition) is 6. The van der Waals surface area contributed by atoms with E-state index < -0.39 is 18.0 Å². The summed E-state index contributed by atoms with van der Waals surface area (Å²) in [5, 5.41) is 6.38. The van der Waals surface area contributed by atoms with Gasteiger partial charge in [-0.1, -0.05) is 60.1 Å². The Bertz CT molecular complexity index is 1430. The first-order valence-corrected chi connectivity index (χ1v) is 12.7. The highest BCUT2D eigenvalue weighted by Crippen LogP contribution is 2.32. The van der Waals surface area contributed by atoms with E-state index in [2.05, 4.69) is 10.6 Å². The highest BCUT2D eigenvalue weighted by atomic mass is 35.5. The van der Waals surface area contributed by atoms with Crippen molar-refractivity contribution in [3.05, 3.63) is 118 Å². The van der Waals surface area contributed by atoms with Crippen LogP contribution in [-0.2, 0) is 6.61 Å². The van der Waals surface area contributed by atoms with E-state index in [-0.39, 0.29) is 6.61 Å². The number of ether oxygens (including phenoxy) is 4. The average Bonchev–Trinajstić information content (AvgIpc) is 3.00. The van der Waals surface area contributed by atoms with Crippen molar-refractivity contribution in [2.75, 3.05) is 21.3 Å². The molecule has 0 saturated heterocycles. The third-order valence-electron chi connectivity index (χ3n) is 6.12. The predicted molar refractivity (Wildman–Crippen MR) is 152 cm³/mol. The van der Waals surface area contributed by atoms with Gasteiger partial charge >= 0.3 is 0 Å². The smallest absolute Gasteiger partial charge is 0.256 e. The first kappa shape index (κ1) is 28.3. The van der Waals surface area contributed by atoms with Gasteiger partial charge in [-0.25, -0.2) is 0 Å². The fourth-order valence-electron chi connectivity index (χ4n) is 4.04. The zero-order valence-electron chi connectivity index (χ0n) is 22.3. The quantitative estimate of drug-likeness (QED) is 0.225. The minimum absolute atomic E-state index is 0.230. The maximum Gasteiger partial charge on any atom is 0.256 e. The van der Waals surface area contributed by atoms with Crippen LogP contribution < -0.4 is 29.6 Å². The number of nitrogens with one attached hydrogen (secondary N) is 2. The first-order valence-electron chi connectivity index (χ1n) is 12.4. The molecule has 0 aliphatic rings. The number of hydrogen-bond donors (Lipinski definition) is 2. The summed E-state index contributed by atoms with van der Waals surface area (Å²) < 4.78 is 22.3. The molecule has 4 aromatic rings. The number of methoxy groups -OCH3 is 3. The lowest BCUT2D eigenvalue weighted by Gasteiger charge is -2.23. The zero-order chi connectivity index (χ0) is 28.5. The molecule has 9 heteroatoms. The number of halogens is 1. The summed E-state index contributed by atoms with van der Waals surface area (Å²) in [4.78, 5) is 26.7. The molecule has 2 amide bonds. The molecular weight excluding hydrogens is 532 g/mol. The molecule has 8 nitrogen and oxygen atoms in total. The molecule has 0 unspecified atom stereocenters. The largest absolute Gasteiger partial charge is 0.496 e. The van der Waals surface area contributed by atoms with Crippen LogP contribution in [0.25, 0.3) is 0 Å². The summed E-state index contributed by atoms with van der Waals surface area (Å²) in [6.45, 7) is 0.230. The molecule has 0 aliphatic heterocycles. The van der Waals surface area contributed by atoms with Crippen molar-refractivity contribution < 1.29 is 28.5 Å². The van der Waals surface area contributed by atoms with Gasteiger partial charge in [-0.2, -0.15) is 0 Å². The predicted octanol–water partition coefficient (Wildman–Crippen LogP) is 5.80. The normalized spacial score (nSPS) is 10.5. The van der Waals surface area contributed by atoms with E-state index in [4.69, 9.17) is 30.5 Å². The number of amides is 2. The molecule has 40 heavy (non-hydrogen) atoms. The van der Waals surface area contributed by atoms with Gasteiger partial charge in [0.1, 0.15) is 24.3 Å². The van der Waals surface area contributed by atoms with Gasteiger partial charge in [-0.3, -0.25) is 9.59 Å². The van der Waals surface area contributed by atoms with Gasteiger partial charge in [0.15, 0.2) is 11.5 Å². The Balaban J connectivity index is 1.64. The molecule has 0 aliphatic carbocycles. The summed E-state index contributed by atoms with van der Waals surface area (Å²) in [5.41, 5.74) is 2.00. The van der Waals surface area contributed by atoms with Crippen molar-refractivity contribution in [3.63, 3.8) is 0 Å². The average molecular weight is 561 g/mol. The molecule has 4 aromatic carbocycles. The lowest BCUT2D eigenvalue weighted by Crippen LogP contribution is -2.41. The Kier molecular flexibility index (Phi) is 9.48. The summed E-state index contributed by atoms with van der Waals surface area (Å²) in [6.07, 6.45) is -0.943. The lowest BCUT2D eigenvalue weighted by atomic mass is 10.1. The maximum absolute atomic E-state index is 13.3. The topological polar surface area (TPSA) is 95.1 Å². The molecule has 0 spiro atoms. The van der Waals surface area contributed by atoms with Crippen LogP contribution in [0.4, 0.5) is 0 Å². The minimum atomic E-state index is -0.943. The van der Waals surface area contributed by atoms with Crippen LogP contribution >= 0.6 is 11.6 Å². The lowest BCUT2D eigenvalue weighted by molar-refractivity contribution is 0.0880. The van der Waals surface area contributed by atoms with Crippen LogP contribution in [0.2, 0.25) is 5.02 Å². The number of carbonyl (C=O) groups excluding carboxylic acids is 2. The van der Waals surface area contributed by atoms with Crippen LogP contribution in [0.15, 0.2) is 91.0 Å². The van der Waals surface area contributed by atoms with Gasteiger partial charge in [0, 0.05) is 10.6 Å². The second-order valence-electron chi connectivity index (χ2n) is 8.57. The number of rotatable bonds is 11. The van der Waals surface area contributed by atoms with Gasteiger partial charge < -0.3 is 29.6 Å². The second-order valence-corrected chi connectivity index (χ2v) is 8.98. The molecule has 0 aromatic heterocycles. The van der Waals surface area contributed by atoms with Gasteiger partial charge in [0.2, 0.25) is 0 Å². The van der Waals surface area contributed by atoms with Gasteiger partial charge in [-0.05, 0) is 48.0 Å². The second kappa shape index (κ2) is 13.4. The van der Waals surface area contributed by atoms with E-state index in [0.717, 1.165) is 5.56 Å². The third-order valence-corrected chi connectivity index (χ3v) is 6.48. The summed E-state index contributed by atoms with van der Waals surface area (Å²) in [5.74, 6) is 0.789. The molecule has 0 fully saturated rings. The zero-order valence-corrected chi connectivity index (χ0v) is 23.0. The number of para-hydroxylation sites is 2. The monoisotopic (exact) mass is 560 g/mol. The molecule has 0 atom stereocenters. The van der Waals surface area contributed by atoms with Crippen LogP contribution in [0.3, 0.4) is 0 Å². The van der Waals surface area contributed by atoms with Crippen LogP contribution in [0.1, 0.15) is 38.0 Å². The van der Waals surface area contributed by atoms with Crippen LogP contribution in [0, 0.1) is 0 Å². The molecule has 0 bridgehead atoms. The fourth-order valence-corrected chi connectivity index (χ4v) is 4.23. The summed E-state index contributed by atoms with van der Waals surface area (Å²) in [6, 6.07) is 26.2. The molecule has 0 heterocycles. The Morgan fingerprint density at radius 3 is 1.75 bits per heavy atom. The molecule has 0 radical (unpaired) electrons. The molecule has 206 valence electrons. The van der Waals surface area contributed by atoms with E-state index in [1.165, 1.54) is 21.3 Å². The van der Waals surface area contributed by atoms with Crippen LogP contribution in [0.5, 0.6) is 23.0 Å². The number of carbonyl (C=O) groups is 2. The van der Waals surface area contributed by atoms with Gasteiger partial charge in [0.05, 0.1) is 32.5 Å². The molecule has 2 N–H and O–H groups in total. The standard InChI is InChI=1S/C31H29ClN2O6/c1-37-25-14-8-5-11-22(25)30(35)33-29(34-31(36)23-12-6-9-15-26(23)38-2)20-16-17-27(28(18-20)39-3)40-19-21-10-4-7-13-24(21)32/h4-18,29H,19H2,1-3H3,(H,33,35)(H,34,36). The van der Waals surface area contributed by atoms with Crippen molar-refractivity contribution in [1.82, 2.24) is 10.6 Å². The van der Waals surface area contributed by atoms with E-state index in [1.54, 1.807) is 72.8 Å². The van der Waals surface area contributed by atoms with Crippen molar-refractivity contribution in [3.8, 4) is 23.0 Å². The Morgan fingerprint density at radius 2 is 1.20 bits per heavy atom. The first-order chi connectivity index (χ1) is 19.4. The maximum atomic E-state index is 13.3. The summed E-state index contributed by atoms with van der Waals surface area (Å²) in [7, 11) is 4.48.